The molecule has 0 atom stereocenters. The van der Waals surface area contributed by atoms with Gasteiger partial charge in [0.05, 0.1) is 0 Å². The summed E-state index contributed by atoms with van der Waals surface area (Å²) in [7, 11) is 0. The van der Waals surface area contributed by atoms with E-state index in [1.165, 1.54) is 19.3 Å². The Morgan fingerprint density at radius 1 is 1.42 bits per heavy atom. The van der Waals surface area contributed by atoms with Crippen molar-refractivity contribution in [3.05, 3.63) is 31.6 Å². The van der Waals surface area contributed by atoms with E-state index in [1.807, 2.05) is 0 Å². The van der Waals surface area contributed by atoms with E-state index in [1.54, 1.807) is 18.4 Å². The average Bonchev–Trinajstić information content (AvgIpc) is 2.57. The van der Waals surface area contributed by atoms with Gasteiger partial charge in [0, 0.05) is 0 Å². The third-order valence-corrected chi connectivity index (χ3v) is 1.23. The topological polar surface area (TPSA) is 13.1 Å². The van der Waals surface area contributed by atoms with Gasteiger partial charge in [0.25, 0.3) is 0 Å². The van der Waals surface area contributed by atoms with Gasteiger partial charge in [0.15, 0.2) is 0 Å². The van der Waals surface area contributed by atoms with E-state index in [2.05, 4.69) is 24.5 Å². The first-order valence-electron chi connectivity index (χ1n) is 4.10. The summed E-state index contributed by atoms with van der Waals surface area (Å²) in [6.45, 7) is 5.93. The third kappa shape index (κ3) is 12.7. The fraction of sp³-hybridized carbons (Fsp3) is 0.500. The van der Waals surface area contributed by atoms with Crippen LogP contribution in [0.25, 0.3) is 0 Å². The van der Waals surface area contributed by atoms with Gasteiger partial charge >= 0.3 is 23.1 Å². The van der Waals surface area contributed by atoms with E-state index in [0.29, 0.717) is 0 Å². The molecule has 1 nitrogen and oxygen atoms in total. The maximum absolute atomic E-state index is 4.46. The second kappa shape index (κ2) is 13.6. The molecule has 0 bridgehead atoms. The van der Waals surface area contributed by atoms with E-state index in [0.717, 1.165) is 6.42 Å². The van der Waals surface area contributed by atoms with E-state index in [9.17, 15) is 0 Å². The van der Waals surface area contributed by atoms with Gasteiger partial charge in [-0.15, -0.1) is 6.07 Å². The molecule has 1 aromatic rings. The monoisotopic (exact) mass is 176 g/mol. The van der Waals surface area contributed by atoms with Crippen LogP contribution >= 0.6 is 0 Å². The number of hydrogen-bond donors (Lipinski definition) is 0. The van der Waals surface area contributed by atoms with Crippen LogP contribution in [-0.2, 0) is 0 Å². The van der Waals surface area contributed by atoms with Gasteiger partial charge in [-0.1, -0.05) is 32.4 Å². The van der Waals surface area contributed by atoms with E-state index in [4.69, 9.17) is 0 Å². The molecule has 0 aliphatic rings. The summed E-state index contributed by atoms with van der Waals surface area (Å²) in [5, 5.41) is 0. The van der Waals surface area contributed by atoms with E-state index < -0.39 is 0 Å². The maximum atomic E-state index is 4.46. The fourth-order valence-corrected chi connectivity index (χ4v) is 0.623. The van der Waals surface area contributed by atoms with Gasteiger partial charge in [0.1, 0.15) is 0 Å². The zero-order valence-corrected chi connectivity index (χ0v) is 9.30. The van der Waals surface area contributed by atoms with E-state index >= 15 is 0 Å². The molecule has 0 unspecified atom stereocenters. The first-order valence-corrected chi connectivity index (χ1v) is 4.10. The van der Waals surface area contributed by atoms with Crippen molar-refractivity contribution in [2.45, 2.75) is 32.6 Å². The molecule has 0 aromatic carbocycles. The molecule has 64 valence electrons. The van der Waals surface area contributed by atoms with Crippen molar-refractivity contribution in [2.75, 3.05) is 0 Å². The summed E-state index contributed by atoms with van der Waals surface area (Å²) in [5.41, 5.74) is 0. The van der Waals surface area contributed by atoms with Crippen LogP contribution in [0.1, 0.15) is 32.6 Å². The van der Waals surface area contributed by atoms with Crippen LogP contribution in [0.5, 0.6) is 0 Å². The summed E-state index contributed by atoms with van der Waals surface area (Å²) in [5.74, 6) is 0. The Morgan fingerprint density at radius 2 is 2.17 bits per heavy atom. The van der Waals surface area contributed by atoms with Gasteiger partial charge in [0.2, 0.25) is 0 Å². The van der Waals surface area contributed by atoms with Crippen LogP contribution in [0.15, 0.2) is 22.8 Å². The Balaban J connectivity index is 0. The Morgan fingerprint density at radius 3 is 2.33 bits per heavy atom. The van der Waals surface area contributed by atoms with Gasteiger partial charge in [-0.3, -0.25) is 0 Å². The van der Waals surface area contributed by atoms with Gasteiger partial charge < -0.3 is 11.3 Å². The van der Waals surface area contributed by atoms with Crippen LogP contribution in [-0.4, -0.2) is 23.1 Å². The number of unbranched alkanes of at least 4 members (excludes halogenated alkanes) is 3. The third-order valence-electron chi connectivity index (χ3n) is 1.23. The van der Waals surface area contributed by atoms with Crippen molar-refractivity contribution >= 4 is 23.1 Å². The van der Waals surface area contributed by atoms with Crippen molar-refractivity contribution in [1.29, 1.82) is 0 Å². The molecule has 0 spiro atoms. The molecule has 0 fully saturated rings. The minimum Gasteiger partial charge on any atom is -0.599 e. The van der Waals surface area contributed by atoms with Crippen molar-refractivity contribution in [2.24, 2.45) is 0 Å². The predicted molar refractivity (Wildman–Crippen MR) is 52.8 cm³/mol. The summed E-state index contributed by atoms with van der Waals surface area (Å²) in [6, 6.07) is 3.49. The van der Waals surface area contributed by atoms with Crippen molar-refractivity contribution < 1.29 is 4.42 Å². The Bertz CT molecular complexity index is 105. The molecular formula is C10H16MgO. The second-order valence-corrected chi connectivity index (χ2v) is 2.29. The number of rotatable bonds is 3. The Hall–Kier alpha value is 0.0462. The first kappa shape index (κ1) is 14.6. The molecule has 0 saturated carbocycles. The SMILES string of the molecule is [CH2-]CCCCC.[Mg+2].[c-]1ccco1. The fourth-order valence-electron chi connectivity index (χ4n) is 0.623. The van der Waals surface area contributed by atoms with Crippen molar-refractivity contribution in [3.8, 4) is 0 Å². The van der Waals surface area contributed by atoms with Crippen LogP contribution in [0.4, 0.5) is 0 Å². The van der Waals surface area contributed by atoms with Crippen molar-refractivity contribution in [3.63, 3.8) is 0 Å². The molecule has 0 amide bonds. The van der Waals surface area contributed by atoms with Crippen LogP contribution in [0, 0.1) is 13.2 Å². The standard InChI is InChI=1S/C6H13.C4H3O.Mg/c1-3-5-6-4-2;1-2-4-5-3-1;/h1,3-6H2,2H3;1-3H;/q2*-1;+2. The molecule has 0 aliphatic carbocycles. The normalized spacial score (nSPS) is 7.83. The summed E-state index contributed by atoms with van der Waals surface area (Å²) >= 11 is 0. The molecule has 12 heavy (non-hydrogen) atoms. The predicted octanol–water partition coefficient (Wildman–Crippen LogP) is 3.10. The molecule has 1 rings (SSSR count). The number of furan rings is 1. The largest absolute Gasteiger partial charge is 2.00 e. The molecular weight excluding hydrogens is 160 g/mol. The van der Waals surface area contributed by atoms with Crippen LogP contribution in [0.3, 0.4) is 0 Å². The minimum absolute atomic E-state index is 0. The first-order chi connectivity index (χ1) is 5.41. The molecule has 0 N–H and O–H groups in total. The summed E-state index contributed by atoms with van der Waals surface area (Å²) in [6.07, 6.45) is 9.13. The molecule has 2 heteroatoms. The van der Waals surface area contributed by atoms with Gasteiger partial charge in [-0.2, -0.15) is 12.5 Å². The van der Waals surface area contributed by atoms with Crippen LogP contribution in [0.2, 0.25) is 0 Å². The zero-order chi connectivity index (χ0) is 8.36. The second-order valence-electron chi connectivity index (χ2n) is 2.29. The van der Waals surface area contributed by atoms with Crippen LogP contribution < -0.4 is 0 Å². The smallest absolute Gasteiger partial charge is 0.599 e. The molecule has 1 aromatic heterocycles. The minimum atomic E-state index is 0. The molecule has 0 saturated heterocycles. The number of hydrogen-bond acceptors (Lipinski definition) is 1. The van der Waals surface area contributed by atoms with Gasteiger partial charge in [-0.05, 0) is 6.26 Å². The van der Waals surface area contributed by atoms with Crippen molar-refractivity contribution in [1.82, 2.24) is 0 Å². The average molecular weight is 177 g/mol. The zero-order valence-electron chi connectivity index (χ0n) is 7.88. The summed E-state index contributed by atoms with van der Waals surface area (Å²) < 4.78 is 4.46. The molecule has 0 radical (unpaired) electrons. The maximum Gasteiger partial charge on any atom is 2.00 e. The quantitative estimate of drug-likeness (QED) is 0.392. The van der Waals surface area contributed by atoms with E-state index in [-0.39, 0.29) is 23.1 Å². The summed E-state index contributed by atoms with van der Waals surface area (Å²) in [4.78, 5) is 0. The van der Waals surface area contributed by atoms with Gasteiger partial charge in [-0.25, -0.2) is 0 Å². The Labute approximate surface area is 91.7 Å². The molecule has 1 heterocycles. The Kier molecular flexibility index (Phi) is 16.5. The molecule has 0 aliphatic heterocycles.